The Balaban J connectivity index is 2.31. The Kier molecular flexibility index (Phi) is 2.80. The van der Waals surface area contributed by atoms with Crippen molar-refractivity contribution in [1.29, 1.82) is 0 Å². The van der Waals surface area contributed by atoms with E-state index in [2.05, 4.69) is 0 Å². The second kappa shape index (κ2) is 3.53. The van der Waals surface area contributed by atoms with Crippen LogP contribution in [-0.2, 0) is 9.53 Å². The van der Waals surface area contributed by atoms with Gasteiger partial charge in [-0.2, -0.15) is 13.2 Å². The van der Waals surface area contributed by atoms with E-state index < -0.39 is 12.1 Å². The Morgan fingerprint density at radius 3 is 2.46 bits per heavy atom. The molecule has 0 aliphatic carbocycles. The standard InChI is InChI=1S/C7H10F3NO2/c1-13-4-5-2-11(3-5)6(12)7(8,9)10/h5H,2-4H2,1H3. The van der Waals surface area contributed by atoms with E-state index in [-0.39, 0.29) is 19.0 Å². The lowest BCUT2D eigenvalue weighted by Gasteiger charge is -2.38. The number of carbonyl (C=O) groups is 1. The van der Waals surface area contributed by atoms with Crippen LogP contribution in [0.5, 0.6) is 0 Å². The number of likely N-dealkylation sites (tertiary alicyclic amines) is 1. The Hall–Kier alpha value is -0.780. The number of rotatable bonds is 2. The quantitative estimate of drug-likeness (QED) is 0.650. The lowest BCUT2D eigenvalue weighted by atomic mass is 10.0. The van der Waals surface area contributed by atoms with Gasteiger partial charge in [-0.1, -0.05) is 0 Å². The summed E-state index contributed by atoms with van der Waals surface area (Å²) in [6.07, 6.45) is -4.74. The van der Waals surface area contributed by atoms with Crippen molar-refractivity contribution in [3.05, 3.63) is 0 Å². The highest BCUT2D eigenvalue weighted by atomic mass is 19.4. The highest BCUT2D eigenvalue weighted by Gasteiger charge is 2.46. The molecule has 6 heteroatoms. The Morgan fingerprint density at radius 2 is 2.08 bits per heavy atom. The largest absolute Gasteiger partial charge is 0.471 e. The van der Waals surface area contributed by atoms with Gasteiger partial charge in [-0.05, 0) is 0 Å². The van der Waals surface area contributed by atoms with Crippen molar-refractivity contribution < 1.29 is 22.7 Å². The number of nitrogens with zero attached hydrogens (tertiary/aromatic N) is 1. The number of ether oxygens (including phenoxy) is 1. The minimum absolute atomic E-state index is 0.0521. The lowest BCUT2D eigenvalue weighted by molar-refractivity contribution is -0.192. The molecule has 1 heterocycles. The minimum Gasteiger partial charge on any atom is -0.384 e. The van der Waals surface area contributed by atoms with E-state index in [4.69, 9.17) is 4.74 Å². The summed E-state index contributed by atoms with van der Waals surface area (Å²) >= 11 is 0. The molecular weight excluding hydrogens is 187 g/mol. The van der Waals surface area contributed by atoms with Crippen molar-refractivity contribution in [2.75, 3.05) is 26.8 Å². The van der Waals surface area contributed by atoms with Gasteiger partial charge in [-0.15, -0.1) is 0 Å². The molecule has 0 saturated carbocycles. The normalized spacial score (nSPS) is 18.6. The summed E-state index contributed by atoms with van der Waals surface area (Å²) in [6, 6.07) is 0. The molecule has 13 heavy (non-hydrogen) atoms. The average Bonchev–Trinajstić information content (AvgIpc) is 1.92. The molecule has 1 fully saturated rings. The molecule has 0 aromatic heterocycles. The lowest BCUT2D eigenvalue weighted by Crippen LogP contribution is -2.55. The summed E-state index contributed by atoms with van der Waals surface area (Å²) in [5, 5.41) is 0. The van der Waals surface area contributed by atoms with E-state index in [9.17, 15) is 18.0 Å². The van der Waals surface area contributed by atoms with E-state index in [1.54, 1.807) is 0 Å². The van der Waals surface area contributed by atoms with Gasteiger partial charge in [-0.25, -0.2) is 0 Å². The number of carbonyl (C=O) groups excluding carboxylic acids is 1. The second-order valence-electron chi connectivity index (χ2n) is 3.03. The Labute approximate surface area is 73.5 Å². The molecule has 3 nitrogen and oxygen atoms in total. The summed E-state index contributed by atoms with van der Waals surface area (Å²) in [5.41, 5.74) is 0. The average molecular weight is 197 g/mol. The Morgan fingerprint density at radius 1 is 1.54 bits per heavy atom. The van der Waals surface area contributed by atoms with Gasteiger partial charge >= 0.3 is 12.1 Å². The van der Waals surface area contributed by atoms with Crippen LogP contribution in [0.4, 0.5) is 13.2 Å². The summed E-state index contributed by atoms with van der Waals surface area (Å²) in [7, 11) is 1.48. The van der Waals surface area contributed by atoms with Crippen molar-refractivity contribution in [2.45, 2.75) is 6.18 Å². The molecule has 0 spiro atoms. The molecule has 1 saturated heterocycles. The maximum absolute atomic E-state index is 11.8. The summed E-state index contributed by atoms with van der Waals surface area (Å²) in [4.78, 5) is 11.3. The summed E-state index contributed by atoms with van der Waals surface area (Å²) < 4.78 is 40.2. The highest BCUT2D eigenvalue weighted by Crippen LogP contribution is 2.24. The van der Waals surface area contributed by atoms with Crippen LogP contribution in [-0.4, -0.2) is 43.8 Å². The second-order valence-corrected chi connectivity index (χ2v) is 3.03. The molecule has 0 radical (unpaired) electrons. The van der Waals surface area contributed by atoms with Crippen LogP contribution in [0.15, 0.2) is 0 Å². The molecule has 0 aromatic rings. The van der Waals surface area contributed by atoms with E-state index in [1.165, 1.54) is 7.11 Å². The van der Waals surface area contributed by atoms with E-state index >= 15 is 0 Å². The molecule has 0 atom stereocenters. The van der Waals surface area contributed by atoms with Gasteiger partial charge in [0.25, 0.3) is 0 Å². The van der Waals surface area contributed by atoms with E-state index in [0.717, 1.165) is 4.90 Å². The number of hydrogen-bond donors (Lipinski definition) is 0. The first-order chi connectivity index (χ1) is 5.95. The molecule has 1 amide bonds. The minimum atomic E-state index is -4.74. The topological polar surface area (TPSA) is 29.5 Å². The predicted molar refractivity (Wildman–Crippen MR) is 38.0 cm³/mol. The van der Waals surface area contributed by atoms with Crippen molar-refractivity contribution >= 4 is 5.91 Å². The van der Waals surface area contributed by atoms with Crippen LogP contribution < -0.4 is 0 Å². The fourth-order valence-electron chi connectivity index (χ4n) is 1.26. The van der Waals surface area contributed by atoms with E-state index in [0.29, 0.717) is 6.61 Å². The van der Waals surface area contributed by atoms with Crippen LogP contribution in [0.2, 0.25) is 0 Å². The van der Waals surface area contributed by atoms with Crippen LogP contribution in [0, 0.1) is 5.92 Å². The first-order valence-corrected chi connectivity index (χ1v) is 3.80. The molecule has 1 aliphatic heterocycles. The molecule has 0 bridgehead atoms. The van der Waals surface area contributed by atoms with Gasteiger partial charge in [0, 0.05) is 26.1 Å². The van der Waals surface area contributed by atoms with Crippen molar-refractivity contribution in [1.82, 2.24) is 4.90 Å². The number of halogens is 3. The number of hydrogen-bond acceptors (Lipinski definition) is 2. The molecule has 76 valence electrons. The molecule has 1 aliphatic rings. The SMILES string of the molecule is COCC1CN(C(=O)C(F)(F)F)C1. The molecule has 0 unspecified atom stereocenters. The zero-order valence-corrected chi connectivity index (χ0v) is 7.10. The third-order valence-corrected chi connectivity index (χ3v) is 1.89. The number of methoxy groups -OCH3 is 1. The van der Waals surface area contributed by atoms with Gasteiger partial charge in [0.2, 0.25) is 0 Å². The predicted octanol–water partition coefficient (Wildman–Crippen LogP) is 0.653. The molecule has 0 N–H and O–H groups in total. The fraction of sp³-hybridized carbons (Fsp3) is 0.857. The maximum Gasteiger partial charge on any atom is 0.471 e. The zero-order chi connectivity index (χ0) is 10.1. The molecule has 0 aromatic carbocycles. The van der Waals surface area contributed by atoms with Crippen LogP contribution >= 0.6 is 0 Å². The number of alkyl halides is 3. The van der Waals surface area contributed by atoms with Gasteiger partial charge in [0.1, 0.15) is 0 Å². The molecular formula is C7H10F3NO2. The number of amides is 1. The molecule has 1 rings (SSSR count). The van der Waals surface area contributed by atoms with Crippen LogP contribution in [0.25, 0.3) is 0 Å². The summed E-state index contributed by atoms with van der Waals surface area (Å²) in [5.74, 6) is -1.70. The first kappa shape index (κ1) is 10.3. The van der Waals surface area contributed by atoms with Crippen LogP contribution in [0.1, 0.15) is 0 Å². The third-order valence-electron chi connectivity index (χ3n) is 1.89. The van der Waals surface area contributed by atoms with Crippen molar-refractivity contribution in [3.8, 4) is 0 Å². The monoisotopic (exact) mass is 197 g/mol. The van der Waals surface area contributed by atoms with Gasteiger partial charge in [-0.3, -0.25) is 4.79 Å². The first-order valence-electron chi connectivity index (χ1n) is 3.80. The van der Waals surface area contributed by atoms with Gasteiger partial charge < -0.3 is 9.64 Å². The van der Waals surface area contributed by atoms with Crippen LogP contribution in [0.3, 0.4) is 0 Å². The highest BCUT2D eigenvalue weighted by molar-refractivity contribution is 5.82. The third kappa shape index (κ3) is 2.33. The summed E-state index contributed by atoms with van der Waals surface area (Å²) in [6.45, 7) is 0.694. The smallest absolute Gasteiger partial charge is 0.384 e. The maximum atomic E-state index is 11.8. The van der Waals surface area contributed by atoms with E-state index in [1.807, 2.05) is 0 Å². The van der Waals surface area contributed by atoms with Crippen molar-refractivity contribution in [3.63, 3.8) is 0 Å². The Bertz CT molecular complexity index is 198. The fourth-order valence-corrected chi connectivity index (χ4v) is 1.26. The van der Waals surface area contributed by atoms with Crippen molar-refractivity contribution in [2.24, 2.45) is 5.92 Å². The van der Waals surface area contributed by atoms with Gasteiger partial charge in [0.05, 0.1) is 6.61 Å². The zero-order valence-electron chi connectivity index (χ0n) is 7.10. The van der Waals surface area contributed by atoms with Gasteiger partial charge in [0.15, 0.2) is 0 Å².